The summed E-state index contributed by atoms with van der Waals surface area (Å²) >= 11 is 0. The summed E-state index contributed by atoms with van der Waals surface area (Å²) in [5.41, 5.74) is -0.501. The molecule has 0 atom stereocenters. The summed E-state index contributed by atoms with van der Waals surface area (Å²) in [7, 11) is 0. The summed E-state index contributed by atoms with van der Waals surface area (Å²) in [6.07, 6.45) is -3.25. The lowest BCUT2D eigenvalue weighted by molar-refractivity contribution is -0.137. The van der Waals surface area contributed by atoms with E-state index in [1.807, 2.05) is 0 Å². The first-order valence-electron chi connectivity index (χ1n) is 4.39. The van der Waals surface area contributed by atoms with Gasteiger partial charge in [0.15, 0.2) is 11.6 Å². The molecule has 0 aliphatic rings. The zero-order chi connectivity index (χ0) is 11.8. The summed E-state index contributed by atoms with van der Waals surface area (Å²) in [5, 5.41) is 0. The predicted molar refractivity (Wildman–Crippen MR) is 49.1 cm³/mol. The number of halogens is 4. The monoisotopic (exact) mass is 230 g/mol. The van der Waals surface area contributed by atoms with Crippen LogP contribution in [0.4, 0.5) is 17.6 Å². The molecule has 0 N–H and O–H groups in total. The van der Waals surface area contributed by atoms with Crippen LogP contribution in [0.3, 0.4) is 0 Å². The first kappa shape index (κ1) is 10.7. The van der Waals surface area contributed by atoms with Crippen molar-refractivity contribution in [3.8, 4) is 11.3 Å². The number of hydrogen-bond donors (Lipinski definition) is 0. The molecule has 0 amide bonds. The fourth-order valence-electron chi connectivity index (χ4n) is 1.31. The van der Waals surface area contributed by atoms with Crippen molar-refractivity contribution in [1.82, 2.24) is 0 Å². The number of furan rings is 1. The maximum Gasteiger partial charge on any atom is 0.416 e. The van der Waals surface area contributed by atoms with Crippen molar-refractivity contribution in [2.24, 2.45) is 0 Å². The average molecular weight is 230 g/mol. The van der Waals surface area contributed by atoms with Gasteiger partial charge in [-0.05, 0) is 12.1 Å². The van der Waals surface area contributed by atoms with Gasteiger partial charge in [0.1, 0.15) is 0 Å². The van der Waals surface area contributed by atoms with E-state index < -0.39 is 17.6 Å². The number of hydrogen-bond acceptors (Lipinski definition) is 1. The van der Waals surface area contributed by atoms with Crippen LogP contribution in [0.15, 0.2) is 41.0 Å². The molecule has 1 nitrogen and oxygen atoms in total. The Morgan fingerprint density at radius 3 is 2.00 bits per heavy atom. The summed E-state index contributed by atoms with van der Waals surface area (Å²) in [6, 6.07) is 5.22. The smallest absolute Gasteiger partial charge is 0.416 e. The van der Waals surface area contributed by atoms with E-state index in [1.54, 1.807) is 0 Å². The Labute approximate surface area is 88.3 Å². The number of benzene rings is 1. The molecule has 0 radical (unpaired) electrons. The second kappa shape index (κ2) is 3.66. The third-order valence-corrected chi connectivity index (χ3v) is 2.09. The Kier molecular flexibility index (Phi) is 2.46. The minimum Gasteiger partial charge on any atom is -0.461 e. The van der Waals surface area contributed by atoms with Gasteiger partial charge >= 0.3 is 6.18 Å². The third-order valence-electron chi connectivity index (χ3n) is 2.09. The molecule has 2 aromatic rings. The molecule has 0 saturated carbocycles. The highest BCUT2D eigenvalue weighted by Gasteiger charge is 2.30. The molecule has 16 heavy (non-hydrogen) atoms. The minimum absolute atomic E-state index is 0.0614. The summed E-state index contributed by atoms with van der Waals surface area (Å²) in [4.78, 5) is 0. The van der Waals surface area contributed by atoms with Gasteiger partial charge in [-0.3, -0.25) is 0 Å². The van der Waals surface area contributed by atoms with E-state index in [2.05, 4.69) is 0 Å². The summed E-state index contributed by atoms with van der Waals surface area (Å²) in [5.74, 6) is -0.659. The highest BCUT2D eigenvalue weighted by molar-refractivity contribution is 5.58. The molecule has 0 aliphatic carbocycles. The maximum atomic E-state index is 13.1. The van der Waals surface area contributed by atoms with Crippen molar-refractivity contribution in [3.63, 3.8) is 0 Å². The summed E-state index contributed by atoms with van der Waals surface area (Å²) < 4.78 is 54.6. The van der Waals surface area contributed by atoms with Crippen molar-refractivity contribution >= 4 is 0 Å². The molecule has 0 bridgehead atoms. The van der Waals surface area contributed by atoms with E-state index in [0.29, 0.717) is 0 Å². The Balaban J connectivity index is 2.37. The molecule has 2 rings (SSSR count). The van der Waals surface area contributed by atoms with Crippen LogP contribution < -0.4 is 0 Å². The van der Waals surface area contributed by atoms with Crippen LogP contribution in [0.25, 0.3) is 11.3 Å². The molecule has 0 aliphatic heterocycles. The standard InChI is InChI=1S/C11H6F4O/c12-9-5-6-16-10(9)7-1-3-8(4-2-7)11(13,14)15/h1-6H. The Bertz CT molecular complexity index is 481. The SMILES string of the molecule is Fc1ccoc1-c1ccc(C(F)(F)F)cc1. The normalized spacial score (nSPS) is 11.8. The fraction of sp³-hybridized carbons (Fsp3) is 0.0909. The molecular weight excluding hydrogens is 224 g/mol. The van der Waals surface area contributed by atoms with Crippen LogP contribution >= 0.6 is 0 Å². The topological polar surface area (TPSA) is 13.1 Å². The van der Waals surface area contributed by atoms with Crippen LogP contribution in [0, 0.1) is 5.82 Å². The van der Waals surface area contributed by atoms with Gasteiger partial charge in [-0.15, -0.1) is 0 Å². The average Bonchev–Trinajstić information content (AvgIpc) is 2.63. The van der Waals surface area contributed by atoms with E-state index in [1.165, 1.54) is 12.1 Å². The van der Waals surface area contributed by atoms with Crippen molar-refractivity contribution in [2.75, 3.05) is 0 Å². The number of rotatable bonds is 1. The van der Waals surface area contributed by atoms with E-state index in [0.717, 1.165) is 24.5 Å². The Morgan fingerprint density at radius 1 is 0.938 bits per heavy atom. The lowest BCUT2D eigenvalue weighted by atomic mass is 10.1. The van der Waals surface area contributed by atoms with Crippen LogP contribution in [-0.4, -0.2) is 0 Å². The van der Waals surface area contributed by atoms with Gasteiger partial charge in [-0.25, -0.2) is 4.39 Å². The summed E-state index contributed by atoms with van der Waals surface area (Å²) in [6.45, 7) is 0. The molecule has 1 aromatic carbocycles. The minimum atomic E-state index is -4.39. The van der Waals surface area contributed by atoms with Crippen LogP contribution in [0.2, 0.25) is 0 Å². The van der Waals surface area contributed by atoms with Gasteiger partial charge in [0.2, 0.25) is 0 Å². The first-order valence-corrected chi connectivity index (χ1v) is 4.39. The zero-order valence-electron chi connectivity index (χ0n) is 7.88. The van der Waals surface area contributed by atoms with Crippen molar-refractivity contribution < 1.29 is 22.0 Å². The second-order valence-corrected chi connectivity index (χ2v) is 3.17. The number of alkyl halides is 3. The van der Waals surface area contributed by atoms with Gasteiger partial charge in [0, 0.05) is 11.6 Å². The first-order chi connectivity index (χ1) is 7.48. The fourth-order valence-corrected chi connectivity index (χ4v) is 1.31. The quantitative estimate of drug-likeness (QED) is 0.672. The van der Waals surface area contributed by atoms with E-state index in [-0.39, 0.29) is 11.3 Å². The third kappa shape index (κ3) is 1.93. The van der Waals surface area contributed by atoms with Crippen molar-refractivity contribution in [2.45, 2.75) is 6.18 Å². The zero-order valence-corrected chi connectivity index (χ0v) is 7.88. The molecule has 0 saturated heterocycles. The molecule has 0 unspecified atom stereocenters. The Hall–Kier alpha value is -1.78. The lowest BCUT2D eigenvalue weighted by Crippen LogP contribution is -2.03. The largest absolute Gasteiger partial charge is 0.461 e. The highest BCUT2D eigenvalue weighted by Crippen LogP contribution is 2.31. The van der Waals surface area contributed by atoms with Gasteiger partial charge < -0.3 is 4.42 Å². The molecule has 0 spiro atoms. The van der Waals surface area contributed by atoms with Crippen LogP contribution in [-0.2, 0) is 6.18 Å². The molecule has 1 aromatic heterocycles. The van der Waals surface area contributed by atoms with E-state index in [9.17, 15) is 17.6 Å². The molecule has 0 fully saturated rings. The van der Waals surface area contributed by atoms with Crippen molar-refractivity contribution in [3.05, 3.63) is 48.0 Å². The van der Waals surface area contributed by atoms with E-state index in [4.69, 9.17) is 4.42 Å². The second-order valence-electron chi connectivity index (χ2n) is 3.17. The molecular formula is C11H6F4O. The van der Waals surface area contributed by atoms with Crippen LogP contribution in [0.5, 0.6) is 0 Å². The predicted octanol–water partition coefficient (Wildman–Crippen LogP) is 4.10. The Morgan fingerprint density at radius 2 is 1.56 bits per heavy atom. The van der Waals surface area contributed by atoms with Crippen LogP contribution in [0.1, 0.15) is 5.56 Å². The highest BCUT2D eigenvalue weighted by atomic mass is 19.4. The lowest BCUT2D eigenvalue weighted by Gasteiger charge is -2.06. The van der Waals surface area contributed by atoms with Gasteiger partial charge in [0.25, 0.3) is 0 Å². The van der Waals surface area contributed by atoms with Gasteiger partial charge in [0.05, 0.1) is 11.8 Å². The maximum absolute atomic E-state index is 13.1. The van der Waals surface area contributed by atoms with Gasteiger partial charge in [-0.1, -0.05) is 12.1 Å². The van der Waals surface area contributed by atoms with E-state index >= 15 is 0 Å². The van der Waals surface area contributed by atoms with Gasteiger partial charge in [-0.2, -0.15) is 13.2 Å². The molecule has 84 valence electrons. The molecule has 5 heteroatoms. The molecule has 1 heterocycles. The van der Waals surface area contributed by atoms with Crippen molar-refractivity contribution in [1.29, 1.82) is 0 Å².